The number of hydrogen-bond acceptors (Lipinski definition) is 4. The van der Waals surface area contributed by atoms with Gasteiger partial charge in [0.2, 0.25) is 5.91 Å². The van der Waals surface area contributed by atoms with Crippen LogP contribution in [0.4, 0.5) is 0 Å². The van der Waals surface area contributed by atoms with Crippen LogP contribution in [0.3, 0.4) is 0 Å². The van der Waals surface area contributed by atoms with Gasteiger partial charge in [-0.25, -0.2) is 0 Å². The fourth-order valence-electron chi connectivity index (χ4n) is 6.31. The number of amides is 2. The predicted octanol–water partition coefficient (Wildman–Crippen LogP) is 5.60. The van der Waals surface area contributed by atoms with E-state index in [-0.39, 0.29) is 36.5 Å². The zero-order valence-electron chi connectivity index (χ0n) is 21.7. The van der Waals surface area contributed by atoms with Crippen molar-refractivity contribution in [3.63, 3.8) is 0 Å². The van der Waals surface area contributed by atoms with Gasteiger partial charge < -0.3 is 19.3 Å². The van der Waals surface area contributed by atoms with Crippen LogP contribution in [0.2, 0.25) is 0 Å². The smallest absolute Gasteiger partial charge is 0.250 e. The van der Waals surface area contributed by atoms with Gasteiger partial charge in [-0.1, -0.05) is 49.6 Å². The van der Waals surface area contributed by atoms with Crippen molar-refractivity contribution in [1.29, 1.82) is 0 Å². The molecule has 2 unspecified atom stereocenters. The molecule has 36 heavy (non-hydrogen) atoms. The van der Waals surface area contributed by atoms with E-state index in [1.54, 1.807) is 7.11 Å². The van der Waals surface area contributed by atoms with Crippen molar-refractivity contribution in [3.05, 3.63) is 59.2 Å². The number of benzene rings is 2. The van der Waals surface area contributed by atoms with Gasteiger partial charge in [-0.05, 0) is 74.8 Å². The molecule has 6 nitrogen and oxygen atoms in total. The Balaban J connectivity index is 1.57. The van der Waals surface area contributed by atoms with Crippen LogP contribution >= 0.6 is 0 Å². The van der Waals surface area contributed by atoms with Crippen LogP contribution in [0, 0.1) is 0 Å². The molecule has 5 rings (SSSR count). The van der Waals surface area contributed by atoms with E-state index in [1.807, 2.05) is 47.9 Å². The van der Waals surface area contributed by atoms with Crippen molar-refractivity contribution < 1.29 is 19.1 Å². The third-order valence-corrected chi connectivity index (χ3v) is 7.94. The number of rotatable bonds is 6. The first-order valence-corrected chi connectivity index (χ1v) is 13.5. The number of piperazine rings is 1. The van der Waals surface area contributed by atoms with Gasteiger partial charge in [0.25, 0.3) is 5.91 Å². The maximum absolute atomic E-state index is 14.3. The fraction of sp³-hybridized carbons (Fsp3) is 0.533. The highest BCUT2D eigenvalue weighted by Crippen LogP contribution is 2.44. The maximum atomic E-state index is 14.3. The molecule has 2 aromatic carbocycles. The second-order valence-corrected chi connectivity index (χ2v) is 10.6. The third-order valence-electron chi connectivity index (χ3n) is 7.94. The van der Waals surface area contributed by atoms with Gasteiger partial charge in [-0.3, -0.25) is 9.59 Å². The van der Waals surface area contributed by atoms with Gasteiger partial charge in [-0.15, -0.1) is 0 Å². The van der Waals surface area contributed by atoms with E-state index in [1.165, 1.54) is 17.5 Å². The molecule has 192 valence electrons. The highest BCUT2D eigenvalue weighted by Gasteiger charge is 2.46. The van der Waals surface area contributed by atoms with Crippen LogP contribution in [0.1, 0.15) is 87.6 Å². The van der Waals surface area contributed by atoms with Crippen LogP contribution in [0.15, 0.2) is 42.5 Å². The largest absolute Gasteiger partial charge is 0.493 e. The van der Waals surface area contributed by atoms with Crippen LogP contribution in [0.25, 0.3) is 0 Å². The standard InChI is InChI=1S/C30H38N2O4/c1-20(2)36-26-17-16-22(18-27(26)35-3)29-30(34)31(23-12-5-4-6-13-23)19-28(33)32(29)25-15-9-11-21-10-7-8-14-24(21)25/h7-8,10,14,16-18,20,23,25,29H,4-6,9,11-13,15,19H2,1-3H3. The van der Waals surface area contributed by atoms with Crippen molar-refractivity contribution in [2.45, 2.75) is 89.4 Å². The van der Waals surface area contributed by atoms with Crippen molar-refractivity contribution in [1.82, 2.24) is 9.80 Å². The Morgan fingerprint density at radius 1 is 0.917 bits per heavy atom. The minimum Gasteiger partial charge on any atom is -0.493 e. The Hall–Kier alpha value is -3.02. The summed E-state index contributed by atoms with van der Waals surface area (Å²) in [6, 6.07) is 13.4. The topological polar surface area (TPSA) is 59.1 Å². The SMILES string of the molecule is COc1cc(C2C(=O)N(C3CCCCC3)CC(=O)N2C2CCCc3ccccc32)ccc1OC(C)C. The van der Waals surface area contributed by atoms with Crippen LogP contribution in [-0.4, -0.2) is 47.4 Å². The van der Waals surface area contributed by atoms with E-state index in [0.29, 0.717) is 11.5 Å². The van der Waals surface area contributed by atoms with Gasteiger partial charge in [0, 0.05) is 6.04 Å². The fourth-order valence-corrected chi connectivity index (χ4v) is 6.31. The first-order valence-electron chi connectivity index (χ1n) is 13.5. The van der Waals surface area contributed by atoms with E-state index in [0.717, 1.165) is 50.5 Å². The van der Waals surface area contributed by atoms with Crippen molar-refractivity contribution >= 4 is 11.8 Å². The van der Waals surface area contributed by atoms with Gasteiger partial charge in [-0.2, -0.15) is 0 Å². The van der Waals surface area contributed by atoms with E-state index >= 15 is 0 Å². The summed E-state index contributed by atoms with van der Waals surface area (Å²) < 4.78 is 11.6. The first-order chi connectivity index (χ1) is 17.5. The molecule has 6 heteroatoms. The lowest BCUT2D eigenvalue weighted by Gasteiger charge is -2.48. The summed E-state index contributed by atoms with van der Waals surface area (Å²) in [6.07, 6.45) is 8.26. The number of methoxy groups -OCH3 is 1. The molecule has 2 amide bonds. The Labute approximate surface area is 214 Å². The predicted molar refractivity (Wildman–Crippen MR) is 139 cm³/mol. The zero-order chi connectivity index (χ0) is 25.2. The lowest BCUT2D eigenvalue weighted by atomic mass is 9.84. The van der Waals surface area contributed by atoms with Gasteiger partial charge in [0.1, 0.15) is 12.6 Å². The summed E-state index contributed by atoms with van der Waals surface area (Å²) in [6.45, 7) is 4.12. The molecular weight excluding hydrogens is 452 g/mol. The molecule has 2 aliphatic carbocycles. The molecule has 3 aliphatic rings. The Morgan fingerprint density at radius 2 is 1.69 bits per heavy atom. The van der Waals surface area contributed by atoms with Crippen LogP contribution < -0.4 is 9.47 Å². The number of carbonyl (C=O) groups excluding carboxylic acids is 2. The molecule has 0 bridgehead atoms. The molecular formula is C30H38N2O4. The average Bonchev–Trinajstić information content (AvgIpc) is 2.90. The average molecular weight is 491 g/mol. The summed E-state index contributed by atoms with van der Waals surface area (Å²) in [4.78, 5) is 32.0. The minimum atomic E-state index is -0.675. The molecule has 1 saturated carbocycles. The highest BCUT2D eigenvalue weighted by atomic mass is 16.5. The van der Waals surface area contributed by atoms with Crippen molar-refractivity contribution in [2.75, 3.05) is 13.7 Å². The van der Waals surface area contributed by atoms with E-state index in [2.05, 4.69) is 18.2 Å². The molecule has 0 spiro atoms. The molecule has 1 saturated heterocycles. The van der Waals surface area contributed by atoms with Crippen molar-refractivity contribution in [2.24, 2.45) is 0 Å². The summed E-state index contributed by atoms with van der Waals surface area (Å²) in [5.74, 6) is 1.29. The Kier molecular flexibility index (Phi) is 7.22. The van der Waals surface area contributed by atoms with Crippen LogP contribution in [-0.2, 0) is 16.0 Å². The summed E-state index contributed by atoms with van der Waals surface area (Å²) in [7, 11) is 1.61. The van der Waals surface area contributed by atoms with E-state index < -0.39 is 6.04 Å². The quantitative estimate of drug-likeness (QED) is 0.529. The maximum Gasteiger partial charge on any atom is 0.250 e. The lowest BCUT2D eigenvalue weighted by molar-refractivity contribution is -0.162. The van der Waals surface area contributed by atoms with E-state index in [4.69, 9.17) is 9.47 Å². The number of nitrogens with zero attached hydrogens (tertiary/aromatic N) is 2. The molecule has 0 N–H and O–H groups in total. The van der Waals surface area contributed by atoms with E-state index in [9.17, 15) is 9.59 Å². The normalized spacial score (nSPS) is 23.1. The zero-order valence-corrected chi connectivity index (χ0v) is 21.7. The summed E-state index contributed by atoms with van der Waals surface area (Å²) in [5, 5.41) is 0. The summed E-state index contributed by atoms with van der Waals surface area (Å²) in [5.41, 5.74) is 3.23. The van der Waals surface area contributed by atoms with Gasteiger partial charge in [0.05, 0.1) is 19.3 Å². The molecule has 2 fully saturated rings. The van der Waals surface area contributed by atoms with Crippen LogP contribution in [0.5, 0.6) is 11.5 Å². The number of fused-ring (bicyclic) bond motifs is 1. The lowest BCUT2D eigenvalue weighted by Crippen LogP contribution is -2.59. The summed E-state index contributed by atoms with van der Waals surface area (Å²) >= 11 is 0. The Bertz CT molecular complexity index is 1110. The Morgan fingerprint density at radius 3 is 2.44 bits per heavy atom. The molecule has 2 aromatic rings. The minimum absolute atomic E-state index is 0.000303. The monoisotopic (exact) mass is 490 g/mol. The molecule has 0 radical (unpaired) electrons. The third kappa shape index (κ3) is 4.70. The molecule has 2 atom stereocenters. The first kappa shape index (κ1) is 24.7. The second-order valence-electron chi connectivity index (χ2n) is 10.6. The molecule has 1 heterocycles. The molecule has 1 aliphatic heterocycles. The highest BCUT2D eigenvalue weighted by molar-refractivity contribution is 5.96. The van der Waals surface area contributed by atoms with Gasteiger partial charge >= 0.3 is 0 Å². The van der Waals surface area contributed by atoms with Crippen molar-refractivity contribution in [3.8, 4) is 11.5 Å². The van der Waals surface area contributed by atoms with Gasteiger partial charge in [0.15, 0.2) is 11.5 Å². The number of ether oxygens (including phenoxy) is 2. The molecule has 0 aromatic heterocycles. The number of carbonyl (C=O) groups is 2. The number of aryl methyl sites for hydroxylation is 1. The second kappa shape index (κ2) is 10.5. The number of hydrogen-bond donors (Lipinski definition) is 0.